The number of rotatable bonds is 7. The molecule has 2 aromatic rings. The van der Waals surface area contributed by atoms with E-state index in [1.807, 2.05) is 45.9 Å². The van der Waals surface area contributed by atoms with E-state index in [0.29, 0.717) is 5.82 Å². The summed E-state index contributed by atoms with van der Waals surface area (Å²) in [5, 5.41) is 3.80. The fourth-order valence-electron chi connectivity index (χ4n) is 2.69. The van der Waals surface area contributed by atoms with Crippen molar-refractivity contribution >= 4 is 15.7 Å². The van der Waals surface area contributed by atoms with Gasteiger partial charge >= 0.3 is 0 Å². The highest BCUT2D eigenvalue weighted by molar-refractivity contribution is 7.91. The molecule has 0 N–H and O–H groups in total. The van der Waals surface area contributed by atoms with E-state index in [0.717, 1.165) is 5.56 Å². The van der Waals surface area contributed by atoms with Crippen molar-refractivity contribution in [1.29, 1.82) is 0 Å². The van der Waals surface area contributed by atoms with Gasteiger partial charge in [0.1, 0.15) is 11.5 Å². The molecule has 1 aromatic carbocycles. The fourth-order valence-corrected chi connectivity index (χ4v) is 3.81. The lowest BCUT2D eigenvalue weighted by atomic mass is 10.2. The Morgan fingerprint density at radius 2 is 1.72 bits per heavy atom. The Morgan fingerprint density at radius 3 is 2.28 bits per heavy atom. The molecular formula is C17H23N3O4S. The first kappa shape index (κ1) is 19.1. The van der Waals surface area contributed by atoms with Gasteiger partial charge in [-0.05, 0) is 27.7 Å². The van der Waals surface area contributed by atoms with Crippen LogP contribution in [0.1, 0.15) is 33.6 Å². The maximum absolute atomic E-state index is 12.3. The third-order valence-electron chi connectivity index (χ3n) is 3.59. The van der Waals surface area contributed by atoms with Gasteiger partial charge in [0.25, 0.3) is 0 Å². The highest BCUT2D eigenvalue weighted by Gasteiger charge is 2.27. The molecule has 0 atom stereocenters. The summed E-state index contributed by atoms with van der Waals surface area (Å²) >= 11 is 0. The molecule has 8 heteroatoms. The van der Waals surface area contributed by atoms with Gasteiger partial charge in [-0.2, -0.15) is 4.98 Å². The van der Waals surface area contributed by atoms with Crippen LogP contribution in [0.2, 0.25) is 0 Å². The SMILES string of the molecule is CC(C)N(C(=O)CS(=O)(=O)Cc1nc(-c2ccccc2)no1)C(C)C. The molecule has 0 aliphatic rings. The van der Waals surface area contributed by atoms with Gasteiger partial charge in [0.15, 0.2) is 9.84 Å². The Bertz CT molecular complexity index is 805. The predicted molar refractivity (Wildman–Crippen MR) is 94.3 cm³/mol. The summed E-state index contributed by atoms with van der Waals surface area (Å²) in [4.78, 5) is 18.0. The predicted octanol–water partition coefficient (Wildman–Crippen LogP) is 2.30. The van der Waals surface area contributed by atoms with Gasteiger partial charge in [-0.25, -0.2) is 8.42 Å². The Balaban J connectivity index is 2.09. The molecule has 0 unspecified atom stereocenters. The van der Waals surface area contributed by atoms with Crippen molar-refractivity contribution in [2.24, 2.45) is 0 Å². The molecular weight excluding hydrogens is 342 g/mol. The maximum Gasteiger partial charge on any atom is 0.242 e. The van der Waals surface area contributed by atoms with Crippen LogP contribution in [0.5, 0.6) is 0 Å². The highest BCUT2D eigenvalue weighted by atomic mass is 32.2. The van der Waals surface area contributed by atoms with Crippen molar-refractivity contribution < 1.29 is 17.7 Å². The molecule has 0 saturated carbocycles. The van der Waals surface area contributed by atoms with Gasteiger partial charge < -0.3 is 9.42 Å². The molecule has 0 aliphatic carbocycles. The molecule has 0 radical (unpaired) electrons. The van der Waals surface area contributed by atoms with Crippen molar-refractivity contribution in [3.63, 3.8) is 0 Å². The topological polar surface area (TPSA) is 93.4 Å². The third-order valence-corrected chi connectivity index (χ3v) is 4.96. The molecule has 0 spiro atoms. The molecule has 0 saturated heterocycles. The van der Waals surface area contributed by atoms with E-state index in [-0.39, 0.29) is 18.0 Å². The number of hydrogen-bond donors (Lipinski definition) is 0. The fraction of sp³-hybridized carbons (Fsp3) is 0.471. The van der Waals surface area contributed by atoms with Crippen molar-refractivity contribution in [1.82, 2.24) is 15.0 Å². The molecule has 7 nitrogen and oxygen atoms in total. The van der Waals surface area contributed by atoms with Crippen LogP contribution in [-0.4, -0.2) is 47.2 Å². The number of carbonyl (C=O) groups excluding carboxylic acids is 1. The monoisotopic (exact) mass is 365 g/mol. The lowest BCUT2D eigenvalue weighted by Crippen LogP contribution is -2.45. The number of sulfone groups is 1. The normalized spacial score (nSPS) is 11.9. The third kappa shape index (κ3) is 5.12. The number of aromatic nitrogens is 2. The summed E-state index contributed by atoms with van der Waals surface area (Å²) in [6, 6.07) is 8.97. The molecule has 0 fully saturated rings. The van der Waals surface area contributed by atoms with Gasteiger partial charge in [-0.1, -0.05) is 35.5 Å². The average Bonchev–Trinajstić information content (AvgIpc) is 2.94. The minimum absolute atomic E-state index is 0.0210. The van der Waals surface area contributed by atoms with E-state index in [1.165, 1.54) is 0 Å². The first-order valence-corrected chi connectivity index (χ1v) is 9.91. The summed E-state index contributed by atoms with van der Waals surface area (Å²) in [5.41, 5.74) is 0.733. The van der Waals surface area contributed by atoms with Crippen molar-refractivity contribution in [2.45, 2.75) is 45.5 Å². The standard InChI is InChI=1S/C17H23N3O4S/c1-12(2)20(13(3)4)16(21)11-25(22,23)10-15-18-17(19-24-15)14-8-6-5-7-9-14/h5-9,12-13H,10-11H2,1-4H3. The molecule has 25 heavy (non-hydrogen) atoms. The number of nitrogens with zero attached hydrogens (tertiary/aromatic N) is 3. The minimum atomic E-state index is -3.70. The van der Waals surface area contributed by atoms with Gasteiger partial charge in [-0.15, -0.1) is 0 Å². The zero-order valence-corrected chi connectivity index (χ0v) is 15.7. The van der Waals surface area contributed by atoms with Gasteiger partial charge in [0.05, 0.1) is 0 Å². The van der Waals surface area contributed by atoms with E-state index in [9.17, 15) is 13.2 Å². The summed E-state index contributed by atoms with van der Waals surface area (Å²) in [5.74, 6) is -1.15. The summed E-state index contributed by atoms with van der Waals surface area (Å²) in [6.07, 6.45) is 0. The zero-order valence-electron chi connectivity index (χ0n) is 14.8. The van der Waals surface area contributed by atoms with Gasteiger partial charge in [-0.3, -0.25) is 4.79 Å². The van der Waals surface area contributed by atoms with E-state index >= 15 is 0 Å². The second kappa shape index (κ2) is 7.77. The zero-order chi connectivity index (χ0) is 18.6. The summed E-state index contributed by atoms with van der Waals surface area (Å²) < 4.78 is 29.7. The van der Waals surface area contributed by atoms with Crippen LogP contribution < -0.4 is 0 Å². The first-order valence-electron chi connectivity index (χ1n) is 8.09. The first-order chi connectivity index (χ1) is 11.7. The van der Waals surface area contributed by atoms with Crippen LogP contribution in [0.15, 0.2) is 34.9 Å². The van der Waals surface area contributed by atoms with Crippen LogP contribution in [0.4, 0.5) is 0 Å². The van der Waals surface area contributed by atoms with Crippen molar-refractivity contribution in [3.8, 4) is 11.4 Å². The number of carbonyl (C=O) groups is 1. The molecule has 1 aromatic heterocycles. The molecule has 1 heterocycles. The molecule has 0 bridgehead atoms. The molecule has 136 valence electrons. The second-order valence-electron chi connectivity index (χ2n) is 6.40. The van der Waals surface area contributed by atoms with Crippen molar-refractivity contribution in [2.75, 3.05) is 5.75 Å². The van der Waals surface area contributed by atoms with Crippen LogP contribution in [0, 0.1) is 0 Å². The molecule has 1 amide bonds. The number of hydrogen-bond acceptors (Lipinski definition) is 6. The second-order valence-corrected chi connectivity index (χ2v) is 8.46. The van der Waals surface area contributed by atoms with E-state index < -0.39 is 27.3 Å². The Kier molecular flexibility index (Phi) is 5.94. The van der Waals surface area contributed by atoms with Crippen LogP contribution in [0.25, 0.3) is 11.4 Å². The molecule has 2 rings (SSSR count). The Labute approximate surface area is 148 Å². The van der Waals surface area contributed by atoms with E-state index in [2.05, 4.69) is 10.1 Å². The lowest BCUT2D eigenvalue weighted by molar-refractivity contribution is -0.131. The van der Waals surface area contributed by atoms with Crippen LogP contribution >= 0.6 is 0 Å². The lowest BCUT2D eigenvalue weighted by Gasteiger charge is -2.30. The van der Waals surface area contributed by atoms with Gasteiger partial charge in [0.2, 0.25) is 17.6 Å². The quantitative estimate of drug-likeness (QED) is 0.747. The maximum atomic E-state index is 12.3. The average molecular weight is 365 g/mol. The van der Waals surface area contributed by atoms with Gasteiger partial charge in [0, 0.05) is 17.6 Å². The van der Waals surface area contributed by atoms with E-state index in [4.69, 9.17) is 4.52 Å². The number of amides is 1. The van der Waals surface area contributed by atoms with Crippen LogP contribution in [0.3, 0.4) is 0 Å². The highest BCUT2D eigenvalue weighted by Crippen LogP contribution is 2.16. The summed E-state index contributed by atoms with van der Waals surface area (Å²) in [6.45, 7) is 7.42. The van der Waals surface area contributed by atoms with Crippen LogP contribution in [-0.2, 0) is 20.4 Å². The smallest absolute Gasteiger partial charge is 0.242 e. The molecule has 0 aliphatic heterocycles. The Morgan fingerprint density at radius 1 is 1.12 bits per heavy atom. The van der Waals surface area contributed by atoms with E-state index in [1.54, 1.807) is 17.0 Å². The Hall–Kier alpha value is -2.22. The van der Waals surface area contributed by atoms with Crippen molar-refractivity contribution in [3.05, 3.63) is 36.2 Å². The number of benzene rings is 1. The largest absolute Gasteiger partial charge is 0.338 e. The summed E-state index contributed by atoms with van der Waals surface area (Å²) in [7, 11) is -3.70. The minimum Gasteiger partial charge on any atom is -0.338 e.